The average Bonchev–Trinajstić information content (AvgIpc) is 2.15. The molecule has 5 heteroatoms. The zero-order valence-corrected chi connectivity index (χ0v) is 9.71. The minimum atomic E-state index is -0.605. The molecule has 0 fully saturated rings. The molecule has 1 aromatic heterocycles. The number of hydrogen-bond donors (Lipinski definition) is 0. The van der Waals surface area contributed by atoms with Crippen molar-refractivity contribution in [3.05, 3.63) is 23.2 Å². The highest BCUT2D eigenvalue weighted by molar-refractivity contribution is 6.28. The molecule has 82 valence electrons. The molecule has 0 aromatic carbocycles. The van der Waals surface area contributed by atoms with Gasteiger partial charge >= 0.3 is 5.97 Å². The Morgan fingerprint density at radius 2 is 2.27 bits per heavy atom. The third-order valence-corrected chi connectivity index (χ3v) is 2.23. The maximum Gasteiger partial charge on any atom is 0.311 e. The molecular weight excluding hydrogens is 216 g/mol. The van der Waals surface area contributed by atoms with Crippen molar-refractivity contribution in [1.82, 2.24) is 9.97 Å². The molecule has 1 rings (SSSR count). The van der Waals surface area contributed by atoms with Crippen LogP contribution in [0.1, 0.15) is 19.5 Å². The number of rotatable bonds is 3. The van der Waals surface area contributed by atoms with Crippen LogP contribution in [0.3, 0.4) is 0 Å². The molecule has 1 aromatic rings. The van der Waals surface area contributed by atoms with E-state index < -0.39 is 5.41 Å². The van der Waals surface area contributed by atoms with Crippen LogP contribution in [0.25, 0.3) is 0 Å². The molecule has 0 aliphatic rings. The van der Waals surface area contributed by atoms with Crippen LogP contribution in [0.2, 0.25) is 5.28 Å². The maximum atomic E-state index is 11.4. The fraction of sp³-hybridized carbons (Fsp3) is 0.500. The molecule has 0 bridgehead atoms. The first kappa shape index (κ1) is 11.9. The Balaban J connectivity index is 2.81. The van der Waals surface area contributed by atoms with E-state index in [1.165, 1.54) is 7.11 Å². The van der Waals surface area contributed by atoms with E-state index >= 15 is 0 Å². The summed E-state index contributed by atoms with van der Waals surface area (Å²) >= 11 is 5.65. The number of carbonyl (C=O) groups excluding carboxylic acids is 1. The Bertz CT molecular complexity index is 366. The summed E-state index contributed by atoms with van der Waals surface area (Å²) in [6, 6.07) is 1.73. The summed E-state index contributed by atoms with van der Waals surface area (Å²) < 4.78 is 4.70. The SMILES string of the molecule is COC(=O)C(C)(C)Cc1ccnc(Cl)n1. The van der Waals surface area contributed by atoms with Crippen molar-refractivity contribution >= 4 is 17.6 Å². The van der Waals surface area contributed by atoms with E-state index in [-0.39, 0.29) is 11.3 Å². The lowest BCUT2D eigenvalue weighted by atomic mass is 9.88. The zero-order valence-electron chi connectivity index (χ0n) is 8.95. The Morgan fingerprint density at radius 1 is 1.60 bits per heavy atom. The molecule has 15 heavy (non-hydrogen) atoms. The number of aromatic nitrogens is 2. The highest BCUT2D eigenvalue weighted by Crippen LogP contribution is 2.22. The molecule has 4 nitrogen and oxygen atoms in total. The van der Waals surface area contributed by atoms with E-state index in [0.29, 0.717) is 6.42 Å². The topological polar surface area (TPSA) is 52.1 Å². The molecule has 1 heterocycles. The fourth-order valence-electron chi connectivity index (χ4n) is 1.27. The van der Waals surface area contributed by atoms with Crippen molar-refractivity contribution in [3.8, 4) is 0 Å². The van der Waals surface area contributed by atoms with E-state index in [4.69, 9.17) is 16.3 Å². The van der Waals surface area contributed by atoms with E-state index in [1.54, 1.807) is 26.1 Å². The number of methoxy groups -OCH3 is 1. The normalized spacial score (nSPS) is 11.2. The lowest BCUT2D eigenvalue weighted by Gasteiger charge is -2.20. The van der Waals surface area contributed by atoms with E-state index in [1.807, 2.05) is 0 Å². The first-order valence-corrected chi connectivity index (χ1v) is 4.89. The molecular formula is C10H13ClN2O2. The number of halogens is 1. The molecule has 0 saturated heterocycles. The quantitative estimate of drug-likeness (QED) is 0.586. The number of hydrogen-bond acceptors (Lipinski definition) is 4. The van der Waals surface area contributed by atoms with Gasteiger partial charge in [0.15, 0.2) is 0 Å². The number of ether oxygens (including phenoxy) is 1. The van der Waals surface area contributed by atoms with Crippen molar-refractivity contribution < 1.29 is 9.53 Å². The second kappa shape index (κ2) is 4.57. The summed E-state index contributed by atoms with van der Waals surface area (Å²) in [6.07, 6.45) is 2.04. The summed E-state index contributed by atoms with van der Waals surface area (Å²) in [5.41, 5.74) is 0.122. The van der Waals surface area contributed by atoms with Gasteiger partial charge in [0.05, 0.1) is 12.5 Å². The Kier molecular flexibility index (Phi) is 3.63. The standard InChI is InChI=1S/C10H13ClN2O2/c1-10(2,8(14)15-3)6-7-4-5-12-9(11)13-7/h4-5H,6H2,1-3H3. The van der Waals surface area contributed by atoms with Gasteiger partial charge < -0.3 is 4.74 Å². The molecule has 0 N–H and O–H groups in total. The second-order valence-electron chi connectivity index (χ2n) is 3.87. The van der Waals surface area contributed by atoms with Gasteiger partial charge in [-0.1, -0.05) is 0 Å². The van der Waals surface area contributed by atoms with Crippen LogP contribution in [0.5, 0.6) is 0 Å². The maximum absolute atomic E-state index is 11.4. The lowest BCUT2D eigenvalue weighted by molar-refractivity contribution is -0.150. The Hall–Kier alpha value is -1.16. The average molecular weight is 229 g/mol. The predicted octanol–water partition coefficient (Wildman–Crippen LogP) is 1.87. The first-order chi connectivity index (χ1) is 6.95. The summed E-state index contributed by atoms with van der Waals surface area (Å²) in [4.78, 5) is 19.2. The minimum absolute atomic E-state index is 0.188. The van der Waals surface area contributed by atoms with Crippen molar-refractivity contribution in [1.29, 1.82) is 0 Å². The zero-order chi connectivity index (χ0) is 11.5. The lowest BCUT2D eigenvalue weighted by Crippen LogP contribution is -2.28. The highest BCUT2D eigenvalue weighted by atomic mass is 35.5. The summed E-state index contributed by atoms with van der Waals surface area (Å²) in [7, 11) is 1.37. The van der Waals surface area contributed by atoms with Gasteiger partial charge in [-0.05, 0) is 31.5 Å². The van der Waals surface area contributed by atoms with Crippen LogP contribution < -0.4 is 0 Å². The van der Waals surface area contributed by atoms with Gasteiger partial charge in [-0.2, -0.15) is 0 Å². The number of esters is 1. The van der Waals surface area contributed by atoms with Gasteiger partial charge in [-0.25, -0.2) is 9.97 Å². The Labute approximate surface area is 93.6 Å². The Morgan fingerprint density at radius 3 is 2.80 bits per heavy atom. The van der Waals surface area contributed by atoms with E-state index in [2.05, 4.69) is 9.97 Å². The van der Waals surface area contributed by atoms with Crippen LogP contribution >= 0.6 is 11.6 Å². The van der Waals surface area contributed by atoms with Gasteiger partial charge in [0, 0.05) is 18.3 Å². The van der Waals surface area contributed by atoms with Crippen LogP contribution in [-0.2, 0) is 16.0 Å². The van der Waals surface area contributed by atoms with Gasteiger partial charge in [0.1, 0.15) is 0 Å². The minimum Gasteiger partial charge on any atom is -0.469 e. The first-order valence-electron chi connectivity index (χ1n) is 4.51. The largest absolute Gasteiger partial charge is 0.469 e. The van der Waals surface area contributed by atoms with Crippen LogP contribution in [0.4, 0.5) is 0 Å². The van der Waals surface area contributed by atoms with Crippen molar-refractivity contribution in [2.45, 2.75) is 20.3 Å². The van der Waals surface area contributed by atoms with Gasteiger partial charge in [-0.3, -0.25) is 4.79 Å². The number of carbonyl (C=O) groups is 1. The van der Waals surface area contributed by atoms with Crippen molar-refractivity contribution in [2.24, 2.45) is 5.41 Å². The summed E-state index contributed by atoms with van der Waals surface area (Å²) in [5, 5.41) is 0.188. The third-order valence-electron chi connectivity index (χ3n) is 2.04. The predicted molar refractivity (Wildman–Crippen MR) is 56.5 cm³/mol. The van der Waals surface area contributed by atoms with Crippen molar-refractivity contribution in [3.63, 3.8) is 0 Å². The fourth-order valence-corrected chi connectivity index (χ4v) is 1.43. The molecule has 0 unspecified atom stereocenters. The van der Waals surface area contributed by atoms with Gasteiger partial charge in [0.25, 0.3) is 0 Å². The highest BCUT2D eigenvalue weighted by Gasteiger charge is 2.29. The summed E-state index contributed by atoms with van der Waals surface area (Å²) in [5.74, 6) is -0.266. The molecule has 0 saturated carbocycles. The molecule has 0 radical (unpaired) electrons. The van der Waals surface area contributed by atoms with E-state index in [9.17, 15) is 4.79 Å². The second-order valence-corrected chi connectivity index (χ2v) is 4.21. The molecule has 0 aliphatic heterocycles. The monoisotopic (exact) mass is 228 g/mol. The smallest absolute Gasteiger partial charge is 0.311 e. The third kappa shape index (κ3) is 3.16. The van der Waals surface area contributed by atoms with E-state index in [0.717, 1.165) is 5.69 Å². The van der Waals surface area contributed by atoms with Crippen LogP contribution in [-0.4, -0.2) is 23.0 Å². The van der Waals surface area contributed by atoms with Gasteiger partial charge in [-0.15, -0.1) is 0 Å². The molecule has 0 aliphatic carbocycles. The van der Waals surface area contributed by atoms with Gasteiger partial charge in [0.2, 0.25) is 5.28 Å². The molecule has 0 amide bonds. The summed E-state index contributed by atoms with van der Waals surface area (Å²) in [6.45, 7) is 3.60. The number of nitrogens with zero attached hydrogens (tertiary/aromatic N) is 2. The molecule has 0 spiro atoms. The van der Waals surface area contributed by atoms with Crippen LogP contribution in [0.15, 0.2) is 12.3 Å². The van der Waals surface area contributed by atoms with Crippen LogP contribution in [0, 0.1) is 5.41 Å². The molecule has 0 atom stereocenters. The van der Waals surface area contributed by atoms with Crippen molar-refractivity contribution in [2.75, 3.05) is 7.11 Å².